The predicted octanol–water partition coefficient (Wildman–Crippen LogP) is 7.57. The summed E-state index contributed by atoms with van der Waals surface area (Å²) < 4.78 is 17.3. The van der Waals surface area contributed by atoms with Crippen LogP contribution in [0.15, 0.2) is 71.3 Å². The highest BCUT2D eigenvalue weighted by atomic mass is 35.5. The fourth-order valence-electron chi connectivity index (χ4n) is 3.82. The Morgan fingerprint density at radius 1 is 1.08 bits per heavy atom. The van der Waals surface area contributed by atoms with E-state index in [9.17, 15) is 4.79 Å². The van der Waals surface area contributed by atoms with Gasteiger partial charge in [-0.15, -0.1) is 0 Å². The van der Waals surface area contributed by atoms with Gasteiger partial charge >= 0.3 is 5.97 Å². The lowest BCUT2D eigenvalue weighted by Crippen LogP contribution is -2.01. The van der Waals surface area contributed by atoms with Crippen molar-refractivity contribution in [1.82, 2.24) is 5.16 Å². The van der Waals surface area contributed by atoms with E-state index < -0.39 is 5.97 Å². The molecule has 1 N–H and O–H groups in total. The molecule has 0 saturated carbocycles. The second-order valence-electron chi connectivity index (χ2n) is 8.46. The molecule has 0 spiro atoms. The molecule has 7 heteroatoms. The number of rotatable bonds is 9. The van der Waals surface area contributed by atoms with E-state index in [0.29, 0.717) is 22.2 Å². The smallest absolute Gasteiger partial charge is 0.335 e. The number of carbonyl (C=O) groups is 1. The van der Waals surface area contributed by atoms with Crippen LogP contribution in [0.3, 0.4) is 0 Å². The van der Waals surface area contributed by atoms with Gasteiger partial charge in [0.2, 0.25) is 0 Å². The van der Waals surface area contributed by atoms with E-state index in [-0.39, 0.29) is 18.1 Å². The molecule has 1 aromatic heterocycles. The highest BCUT2D eigenvalue weighted by molar-refractivity contribution is 6.32. The van der Waals surface area contributed by atoms with E-state index in [4.69, 9.17) is 30.7 Å². The molecule has 0 aliphatic carbocycles. The van der Waals surface area contributed by atoms with E-state index in [1.165, 1.54) is 0 Å². The second-order valence-corrected chi connectivity index (χ2v) is 8.87. The molecule has 0 aliphatic heterocycles. The van der Waals surface area contributed by atoms with Crippen molar-refractivity contribution < 1.29 is 23.9 Å². The van der Waals surface area contributed by atoms with E-state index >= 15 is 0 Å². The average molecular weight is 504 g/mol. The molecule has 0 unspecified atom stereocenters. The Hall–Kier alpha value is -4.03. The molecule has 0 aliphatic rings. The average Bonchev–Trinajstić information content (AvgIpc) is 3.31. The predicted molar refractivity (Wildman–Crippen MR) is 141 cm³/mol. The molecular weight excluding hydrogens is 478 g/mol. The van der Waals surface area contributed by atoms with Crippen LogP contribution < -0.4 is 9.47 Å². The van der Waals surface area contributed by atoms with Crippen LogP contribution in [0.1, 0.15) is 52.6 Å². The molecule has 0 amide bonds. The van der Waals surface area contributed by atoms with Crippen molar-refractivity contribution in [1.29, 1.82) is 0 Å². The van der Waals surface area contributed by atoms with E-state index in [0.717, 1.165) is 28.0 Å². The standard InChI is InChI=1S/C29H26ClNO5/c1-18(2)28-24(27(31-36-28)23-9-4-5-10-26(23)34-3)17-35-22-14-13-20(25(30)16-22)12-11-19-7-6-8-21(15-19)29(32)33/h4-16,18H,17H2,1-3H3,(H,32,33)/b12-11+. The van der Waals surface area contributed by atoms with E-state index in [1.54, 1.807) is 31.4 Å². The quantitative estimate of drug-likeness (QED) is 0.237. The largest absolute Gasteiger partial charge is 0.496 e. The highest BCUT2D eigenvalue weighted by Gasteiger charge is 2.22. The number of methoxy groups -OCH3 is 1. The minimum atomic E-state index is -0.966. The lowest BCUT2D eigenvalue weighted by atomic mass is 10.0. The van der Waals surface area contributed by atoms with Crippen molar-refractivity contribution in [3.63, 3.8) is 0 Å². The van der Waals surface area contributed by atoms with Crippen LogP contribution in [-0.2, 0) is 6.61 Å². The Bertz CT molecular complexity index is 1410. The number of nitrogens with zero attached hydrogens (tertiary/aromatic N) is 1. The third-order valence-corrected chi connectivity index (χ3v) is 5.98. The van der Waals surface area contributed by atoms with Gasteiger partial charge in [0.15, 0.2) is 0 Å². The van der Waals surface area contributed by atoms with E-state index in [1.807, 2.05) is 68.5 Å². The molecule has 0 radical (unpaired) electrons. The van der Waals surface area contributed by atoms with Crippen LogP contribution in [0.4, 0.5) is 0 Å². The Kier molecular flexibility index (Phi) is 7.76. The first-order valence-electron chi connectivity index (χ1n) is 11.4. The lowest BCUT2D eigenvalue weighted by molar-refractivity contribution is 0.0697. The number of aromatic nitrogens is 1. The zero-order valence-electron chi connectivity index (χ0n) is 20.2. The van der Waals surface area contributed by atoms with Crippen LogP contribution in [0.2, 0.25) is 5.02 Å². The highest BCUT2D eigenvalue weighted by Crippen LogP contribution is 2.36. The number of hydrogen-bond acceptors (Lipinski definition) is 5. The van der Waals surface area contributed by atoms with Gasteiger partial charge in [-0.25, -0.2) is 4.79 Å². The summed E-state index contributed by atoms with van der Waals surface area (Å²) in [7, 11) is 1.62. The molecule has 0 fully saturated rings. The number of ether oxygens (including phenoxy) is 2. The fraction of sp³-hybridized carbons (Fsp3) is 0.172. The number of hydrogen-bond donors (Lipinski definition) is 1. The second kappa shape index (κ2) is 11.1. The summed E-state index contributed by atoms with van der Waals surface area (Å²) in [4.78, 5) is 11.2. The van der Waals surface area contributed by atoms with E-state index in [2.05, 4.69) is 5.16 Å². The van der Waals surface area contributed by atoms with Gasteiger partial charge in [0.05, 0.1) is 23.3 Å². The van der Waals surface area contributed by atoms with Gasteiger partial charge in [-0.3, -0.25) is 0 Å². The van der Waals surface area contributed by atoms with Gasteiger partial charge in [0, 0.05) is 11.5 Å². The number of halogens is 1. The monoisotopic (exact) mass is 503 g/mol. The van der Waals surface area contributed by atoms with Crippen molar-refractivity contribution in [2.75, 3.05) is 7.11 Å². The minimum absolute atomic E-state index is 0.121. The molecule has 36 heavy (non-hydrogen) atoms. The summed E-state index contributed by atoms with van der Waals surface area (Å²) in [6.45, 7) is 4.33. The molecule has 0 atom stereocenters. The number of carboxylic acids is 1. The first kappa shape index (κ1) is 25.1. The maximum Gasteiger partial charge on any atom is 0.335 e. The summed E-state index contributed by atoms with van der Waals surface area (Å²) in [6.07, 6.45) is 3.66. The Morgan fingerprint density at radius 3 is 2.61 bits per heavy atom. The SMILES string of the molecule is COc1ccccc1-c1noc(C(C)C)c1COc1ccc(/C=C/c2cccc(C(=O)O)c2)c(Cl)c1. The normalized spacial score (nSPS) is 11.2. The van der Waals surface area contributed by atoms with Crippen LogP contribution >= 0.6 is 11.6 Å². The summed E-state index contributed by atoms with van der Waals surface area (Å²) in [6, 6.07) is 19.8. The number of benzene rings is 3. The molecule has 3 aromatic carbocycles. The van der Waals surface area contributed by atoms with Crippen molar-refractivity contribution in [2.45, 2.75) is 26.4 Å². The van der Waals surface area contributed by atoms with Gasteiger partial charge < -0.3 is 19.1 Å². The van der Waals surface area contributed by atoms with Crippen LogP contribution in [0.25, 0.3) is 23.4 Å². The van der Waals surface area contributed by atoms with Gasteiger partial charge in [0.1, 0.15) is 29.6 Å². The number of carboxylic acid groups (broad SMARTS) is 1. The lowest BCUT2D eigenvalue weighted by Gasteiger charge is -2.11. The van der Waals surface area contributed by atoms with Crippen LogP contribution in [0.5, 0.6) is 11.5 Å². The van der Waals surface area contributed by atoms with Crippen LogP contribution in [0, 0.1) is 0 Å². The van der Waals surface area contributed by atoms with Crippen molar-refractivity contribution in [3.8, 4) is 22.8 Å². The summed E-state index contributed by atoms with van der Waals surface area (Å²) >= 11 is 6.51. The van der Waals surface area contributed by atoms with Gasteiger partial charge in [0.25, 0.3) is 0 Å². The maximum absolute atomic E-state index is 11.2. The van der Waals surface area contributed by atoms with Gasteiger partial charge in [-0.2, -0.15) is 0 Å². The third-order valence-electron chi connectivity index (χ3n) is 5.65. The maximum atomic E-state index is 11.2. The molecular formula is C29H26ClNO5. The molecule has 0 saturated heterocycles. The number of para-hydroxylation sites is 1. The number of aromatic carboxylic acids is 1. The van der Waals surface area contributed by atoms with Crippen molar-refractivity contribution >= 4 is 29.7 Å². The summed E-state index contributed by atoms with van der Waals surface area (Å²) in [5.41, 5.74) is 4.16. The zero-order chi connectivity index (χ0) is 25.7. The summed E-state index contributed by atoms with van der Waals surface area (Å²) in [5.74, 6) is 1.22. The molecule has 6 nitrogen and oxygen atoms in total. The first-order valence-corrected chi connectivity index (χ1v) is 11.8. The third kappa shape index (κ3) is 5.61. The molecule has 184 valence electrons. The molecule has 4 aromatic rings. The van der Waals surface area contributed by atoms with Crippen molar-refractivity contribution in [3.05, 3.63) is 99.8 Å². The fourth-order valence-corrected chi connectivity index (χ4v) is 4.05. The zero-order valence-corrected chi connectivity index (χ0v) is 21.0. The van der Waals surface area contributed by atoms with Crippen LogP contribution in [-0.4, -0.2) is 23.3 Å². The molecule has 1 heterocycles. The Labute approximate surface area is 214 Å². The minimum Gasteiger partial charge on any atom is -0.496 e. The van der Waals surface area contributed by atoms with Crippen molar-refractivity contribution in [2.24, 2.45) is 0 Å². The first-order chi connectivity index (χ1) is 17.4. The molecule has 0 bridgehead atoms. The molecule has 4 rings (SSSR count). The summed E-state index contributed by atoms with van der Waals surface area (Å²) in [5, 5.41) is 14.0. The van der Waals surface area contributed by atoms with Gasteiger partial charge in [-0.1, -0.05) is 67.0 Å². The Balaban J connectivity index is 1.54. The topological polar surface area (TPSA) is 81.8 Å². The van der Waals surface area contributed by atoms with Gasteiger partial charge in [-0.05, 0) is 53.6 Å². The Morgan fingerprint density at radius 2 is 1.89 bits per heavy atom.